The van der Waals surface area contributed by atoms with Gasteiger partial charge in [-0.2, -0.15) is 5.26 Å². The lowest BCUT2D eigenvalue weighted by molar-refractivity contribution is -0.385. The summed E-state index contributed by atoms with van der Waals surface area (Å²) in [5, 5.41) is 19.1. The quantitative estimate of drug-likeness (QED) is 0.402. The van der Waals surface area contributed by atoms with Crippen LogP contribution in [0.25, 0.3) is 0 Å². The molecule has 0 N–H and O–H groups in total. The number of nitriles is 1. The first-order valence-corrected chi connectivity index (χ1v) is 3.74. The minimum atomic E-state index is -0.641. The largest absolute Gasteiger partial charge is 0.298 e. The summed E-state index contributed by atoms with van der Waals surface area (Å²) in [7, 11) is 0. The van der Waals surface area contributed by atoms with Gasteiger partial charge in [-0.1, -0.05) is 0 Å². The molecule has 70 valence electrons. The second-order valence-corrected chi connectivity index (χ2v) is 2.71. The van der Waals surface area contributed by atoms with Crippen molar-refractivity contribution < 1.29 is 9.72 Å². The molecule has 0 fully saturated rings. The third-order valence-electron chi connectivity index (χ3n) is 1.82. The normalized spacial score (nSPS) is 9.14. The van der Waals surface area contributed by atoms with Crippen LogP contribution in [0.1, 0.15) is 21.5 Å². The Kier molecular flexibility index (Phi) is 2.58. The number of benzene rings is 1. The summed E-state index contributed by atoms with van der Waals surface area (Å²) in [5.41, 5.74) is 0.427. The number of nitrogens with zero attached hydrogens (tertiary/aromatic N) is 2. The molecule has 0 aliphatic carbocycles. The number of aryl methyl sites for hydroxylation is 1. The molecule has 0 heterocycles. The van der Waals surface area contributed by atoms with E-state index in [0.29, 0.717) is 11.8 Å². The molecule has 0 aliphatic rings. The Labute approximate surface area is 79.7 Å². The number of rotatable bonds is 2. The van der Waals surface area contributed by atoms with Crippen molar-refractivity contribution in [2.45, 2.75) is 6.92 Å². The summed E-state index contributed by atoms with van der Waals surface area (Å²) in [6.45, 7) is 1.58. The minimum absolute atomic E-state index is 0.0721. The van der Waals surface area contributed by atoms with Gasteiger partial charge in [0.1, 0.15) is 0 Å². The molecule has 1 aromatic carbocycles. The van der Waals surface area contributed by atoms with Crippen molar-refractivity contribution in [3.63, 3.8) is 0 Å². The van der Waals surface area contributed by atoms with Crippen molar-refractivity contribution in [1.29, 1.82) is 5.26 Å². The fraction of sp³-hybridized carbons (Fsp3) is 0.111. The fourth-order valence-electron chi connectivity index (χ4n) is 1.08. The summed E-state index contributed by atoms with van der Waals surface area (Å²) >= 11 is 0. The highest BCUT2D eigenvalue weighted by Crippen LogP contribution is 2.21. The van der Waals surface area contributed by atoms with E-state index >= 15 is 0 Å². The molecule has 0 unspecified atom stereocenters. The third-order valence-corrected chi connectivity index (χ3v) is 1.82. The minimum Gasteiger partial charge on any atom is -0.298 e. The monoisotopic (exact) mass is 190 g/mol. The van der Waals surface area contributed by atoms with E-state index in [2.05, 4.69) is 0 Å². The zero-order valence-corrected chi connectivity index (χ0v) is 7.35. The van der Waals surface area contributed by atoms with Crippen molar-refractivity contribution in [3.05, 3.63) is 38.9 Å². The average molecular weight is 190 g/mol. The molecule has 14 heavy (non-hydrogen) atoms. The van der Waals surface area contributed by atoms with Crippen molar-refractivity contribution in [3.8, 4) is 6.07 Å². The number of carbonyl (C=O) groups excluding carboxylic acids is 1. The van der Waals surface area contributed by atoms with Crippen LogP contribution in [0.15, 0.2) is 12.1 Å². The number of nitro groups is 1. The fourth-order valence-corrected chi connectivity index (χ4v) is 1.08. The Morgan fingerprint density at radius 2 is 2.21 bits per heavy atom. The predicted molar refractivity (Wildman–Crippen MR) is 47.9 cm³/mol. The molecule has 0 aromatic heterocycles. The van der Waals surface area contributed by atoms with Gasteiger partial charge < -0.3 is 0 Å². The SMILES string of the molecule is Cc1cc([N+](=O)[O-])c(C=O)cc1C#N. The first-order chi connectivity index (χ1) is 6.60. The second-order valence-electron chi connectivity index (χ2n) is 2.71. The van der Waals surface area contributed by atoms with Crippen LogP contribution in [-0.4, -0.2) is 11.2 Å². The molecule has 1 rings (SSSR count). The van der Waals surface area contributed by atoms with Crippen molar-refractivity contribution >= 4 is 12.0 Å². The molecule has 0 spiro atoms. The van der Waals surface area contributed by atoms with Crippen molar-refractivity contribution in [2.75, 3.05) is 0 Å². The summed E-state index contributed by atoms with van der Waals surface area (Å²) in [6, 6.07) is 4.30. The van der Waals surface area contributed by atoms with Crippen LogP contribution in [0.5, 0.6) is 0 Å². The highest BCUT2D eigenvalue weighted by atomic mass is 16.6. The molecule has 5 heteroatoms. The van der Waals surface area contributed by atoms with Crippen LogP contribution in [-0.2, 0) is 0 Å². The molecule has 0 saturated carbocycles. The molecule has 5 nitrogen and oxygen atoms in total. The van der Waals surface area contributed by atoms with E-state index in [1.165, 1.54) is 12.1 Å². The van der Waals surface area contributed by atoms with Crippen LogP contribution < -0.4 is 0 Å². The molecule has 0 amide bonds. The van der Waals surface area contributed by atoms with Gasteiger partial charge in [0.25, 0.3) is 5.69 Å². The van der Waals surface area contributed by atoms with Crippen LogP contribution >= 0.6 is 0 Å². The lowest BCUT2D eigenvalue weighted by atomic mass is 10.0. The van der Waals surface area contributed by atoms with E-state index in [1.807, 2.05) is 6.07 Å². The van der Waals surface area contributed by atoms with Crippen LogP contribution in [0, 0.1) is 28.4 Å². The van der Waals surface area contributed by atoms with Crippen LogP contribution in [0.2, 0.25) is 0 Å². The molecule has 0 radical (unpaired) electrons. The zero-order valence-electron chi connectivity index (χ0n) is 7.35. The van der Waals surface area contributed by atoms with E-state index in [4.69, 9.17) is 5.26 Å². The van der Waals surface area contributed by atoms with Gasteiger partial charge in [0.05, 0.1) is 22.1 Å². The van der Waals surface area contributed by atoms with Gasteiger partial charge in [-0.15, -0.1) is 0 Å². The Bertz CT molecular complexity index is 446. The number of nitro benzene ring substituents is 1. The maximum absolute atomic E-state index is 10.5. The maximum Gasteiger partial charge on any atom is 0.280 e. The van der Waals surface area contributed by atoms with Gasteiger partial charge in [-0.25, -0.2) is 0 Å². The zero-order chi connectivity index (χ0) is 10.7. The molecule has 0 aliphatic heterocycles. The van der Waals surface area contributed by atoms with E-state index in [1.54, 1.807) is 6.92 Å². The number of hydrogen-bond donors (Lipinski definition) is 0. The molecule has 0 atom stereocenters. The standard InChI is InChI=1S/C9H6N2O3/c1-6-2-9(11(13)14)8(5-12)3-7(6)4-10/h2-3,5H,1H3. The summed E-state index contributed by atoms with van der Waals surface area (Å²) in [5.74, 6) is 0. The van der Waals surface area contributed by atoms with Crippen LogP contribution in [0.3, 0.4) is 0 Å². The molecule has 1 aromatic rings. The van der Waals surface area contributed by atoms with Gasteiger partial charge in [0.15, 0.2) is 6.29 Å². The van der Waals surface area contributed by atoms with Crippen molar-refractivity contribution in [2.24, 2.45) is 0 Å². The molecular weight excluding hydrogens is 184 g/mol. The molecule has 0 saturated heterocycles. The van der Waals surface area contributed by atoms with E-state index in [-0.39, 0.29) is 16.8 Å². The first kappa shape index (κ1) is 9.86. The second kappa shape index (κ2) is 3.66. The first-order valence-electron chi connectivity index (χ1n) is 3.74. The Morgan fingerprint density at radius 1 is 1.57 bits per heavy atom. The van der Waals surface area contributed by atoms with Gasteiger partial charge >= 0.3 is 0 Å². The van der Waals surface area contributed by atoms with E-state index < -0.39 is 4.92 Å². The highest BCUT2D eigenvalue weighted by Gasteiger charge is 2.15. The van der Waals surface area contributed by atoms with E-state index in [9.17, 15) is 14.9 Å². The van der Waals surface area contributed by atoms with Crippen molar-refractivity contribution in [1.82, 2.24) is 0 Å². The average Bonchev–Trinajstić information content (AvgIpc) is 2.17. The third kappa shape index (κ3) is 1.59. The smallest absolute Gasteiger partial charge is 0.280 e. The maximum atomic E-state index is 10.5. The topological polar surface area (TPSA) is 84.0 Å². The van der Waals surface area contributed by atoms with Gasteiger partial charge in [-0.05, 0) is 18.6 Å². The van der Waals surface area contributed by atoms with Crippen LogP contribution in [0.4, 0.5) is 5.69 Å². The lowest BCUT2D eigenvalue weighted by Crippen LogP contribution is -1.97. The van der Waals surface area contributed by atoms with Gasteiger partial charge in [0, 0.05) is 6.07 Å². The molecular formula is C9H6N2O3. The highest BCUT2D eigenvalue weighted by molar-refractivity contribution is 5.82. The Hall–Kier alpha value is -2.22. The Balaban J connectivity index is 3.48. The summed E-state index contributed by atoms with van der Waals surface area (Å²) in [6.07, 6.45) is 0.373. The summed E-state index contributed by atoms with van der Waals surface area (Å²) < 4.78 is 0. The van der Waals surface area contributed by atoms with E-state index in [0.717, 1.165) is 0 Å². The predicted octanol–water partition coefficient (Wildman–Crippen LogP) is 1.59. The lowest BCUT2D eigenvalue weighted by Gasteiger charge is -1.99. The number of hydrogen-bond acceptors (Lipinski definition) is 4. The number of carbonyl (C=O) groups is 1. The number of aldehydes is 1. The van der Waals surface area contributed by atoms with Gasteiger partial charge in [-0.3, -0.25) is 14.9 Å². The molecule has 0 bridgehead atoms. The Morgan fingerprint density at radius 3 is 2.64 bits per heavy atom. The van der Waals surface area contributed by atoms with Gasteiger partial charge in [0.2, 0.25) is 0 Å². The summed E-state index contributed by atoms with van der Waals surface area (Å²) in [4.78, 5) is 20.4.